The van der Waals surface area contributed by atoms with Gasteiger partial charge in [-0.15, -0.1) is 0 Å². The molecule has 0 bridgehead atoms. The maximum atomic E-state index is 13.5. The maximum Gasteiger partial charge on any atom is 0.262 e. The molecule has 0 saturated carbocycles. The Morgan fingerprint density at radius 3 is 2.72 bits per heavy atom. The van der Waals surface area contributed by atoms with Gasteiger partial charge < -0.3 is 10.1 Å². The molecule has 25 heavy (non-hydrogen) atoms. The third kappa shape index (κ3) is 3.45. The van der Waals surface area contributed by atoms with Crippen molar-refractivity contribution in [1.29, 1.82) is 0 Å². The van der Waals surface area contributed by atoms with E-state index >= 15 is 0 Å². The Morgan fingerprint density at radius 1 is 1.24 bits per heavy atom. The summed E-state index contributed by atoms with van der Waals surface area (Å²) in [7, 11) is 1.81. The van der Waals surface area contributed by atoms with Gasteiger partial charge in [-0.2, -0.15) is 10.1 Å². The van der Waals surface area contributed by atoms with Crippen molar-refractivity contribution < 1.29 is 13.9 Å². The average molecular weight is 342 g/mol. The Bertz CT molecular complexity index is 965. The monoisotopic (exact) mass is 342 g/mol. The van der Waals surface area contributed by atoms with Crippen LogP contribution in [0.15, 0.2) is 24.3 Å². The predicted octanol–water partition coefficient (Wildman–Crippen LogP) is 3.05. The Labute approximate surface area is 144 Å². The first-order chi connectivity index (χ1) is 11.8. The summed E-state index contributed by atoms with van der Waals surface area (Å²) < 4.78 is 20.7. The third-order valence-corrected chi connectivity index (χ3v) is 3.95. The van der Waals surface area contributed by atoms with E-state index < -0.39 is 0 Å². The highest BCUT2D eigenvalue weighted by molar-refractivity contribution is 5.92. The van der Waals surface area contributed by atoms with Crippen LogP contribution in [-0.4, -0.2) is 27.3 Å². The van der Waals surface area contributed by atoms with E-state index in [0.29, 0.717) is 22.8 Å². The van der Waals surface area contributed by atoms with Crippen LogP contribution in [-0.2, 0) is 11.8 Å². The van der Waals surface area contributed by atoms with Gasteiger partial charge in [-0.25, -0.2) is 4.39 Å². The number of hydrogen-bond donors (Lipinski definition) is 1. The number of hydrogen-bond acceptors (Lipinski definition) is 4. The van der Waals surface area contributed by atoms with Gasteiger partial charge in [-0.05, 0) is 44.0 Å². The van der Waals surface area contributed by atoms with Gasteiger partial charge in [-0.3, -0.25) is 9.48 Å². The van der Waals surface area contributed by atoms with E-state index in [0.717, 1.165) is 16.6 Å². The largest absolute Gasteiger partial charge is 0.467 e. The Kier molecular flexibility index (Phi) is 4.39. The zero-order valence-electron chi connectivity index (χ0n) is 14.6. The summed E-state index contributed by atoms with van der Waals surface area (Å²) in [6.07, 6.45) is 0. The van der Waals surface area contributed by atoms with Crippen molar-refractivity contribution in [3.63, 3.8) is 0 Å². The second-order valence-electron chi connectivity index (χ2n) is 5.99. The van der Waals surface area contributed by atoms with E-state index in [1.165, 1.54) is 6.07 Å². The van der Waals surface area contributed by atoms with Crippen LogP contribution in [0.25, 0.3) is 11.0 Å². The highest BCUT2D eigenvalue weighted by atomic mass is 19.1. The summed E-state index contributed by atoms with van der Waals surface area (Å²) in [4.78, 5) is 16.4. The lowest BCUT2D eigenvalue weighted by Crippen LogP contribution is -2.20. The molecule has 1 aromatic carbocycles. The number of ether oxygens (including phenoxy) is 1. The fourth-order valence-corrected chi connectivity index (χ4v) is 2.71. The van der Waals surface area contributed by atoms with E-state index in [1.54, 1.807) is 29.8 Å². The molecule has 2 aromatic heterocycles. The molecule has 1 N–H and O–H groups in total. The molecule has 0 aliphatic rings. The number of fused-ring (bicyclic) bond motifs is 1. The van der Waals surface area contributed by atoms with Crippen molar-refractivity contribution in [2.75, 3.05) is 11.9 Å². The number of aromatic nitrogens is 3. The van der Waals surface area contributed by atoms with Crippen LogP contribution < -0.4 is 10.1 Å². The van der Waals surface area contributed by atoms with Gasteiger partial charge in [0.15, 0.2) is 12.3 Å². The standard InChI is InChI=1S/C18H19FN4O2/c1-10-5-6-13(8-14(10)19)20-15(24)9-25-16-7-11(2)17-12(3)22-23(4)18(17)21-16/h5-8H,9H2,1-4H3,(H,20,24). The molecule has 7 heteroatoms. The van der Waals surface area contributed by atoms with Crippen molar-refractivity contribution in [1.82, 2.24) is 14.8 Å². The fourth-order valence-electron chi connectivity index (χ4n) is 2.71. The Hall–Kier alpha value is -2.96. The maximum absolute atomic E-state index is 13.5. The summed E-state index contributed by atoms with van der Waals surface area (Å²) in [5.41, 5.74) is 3.49. The van der Waals surface area contributed by atoms with Gasteiger partial charge >= 0.3 is 0 Å². The molecule has 0 unspecified atom stereocenters. The highest BCUT2D eigenvalue weighted by Gasteiger charge is 2.13. The molecule has 3 aromatic rings. The molecule has 1 amide bonds. The van der Waals surface area contributed by atoms with Gasteiger partial charge in [0.1, 0.15) is 5.82 Å². The van der Waals surface area contributed by atoms with Crippen molar-refractivity contribution in [3.8, 4) is 5.88 Å². The first kappa shape index (κ1) is 16.9. The number of halogens is 1. The number of nitrogens with zero attached hydrogens (tertiary/aromatic N) is 3. The van der Waals surface area contributed by atoms with E-state index in [1.807, 2.05) is 20.9 Å². The number of rotatable bonds is 4. The van der Waals surface area contributed by atoms with E-state index in [9.17, 15) is 9.18 Å². The number of pyridine rings is 1. The number of carbonyl (C=O) groups is 1. The molecule has 0 saturated heterocycles. The van der Waals surface area contributed by atoms with Gasteiger partial charge in [0, 0.05) is 24.2 Å². The number of nitrogens with one attached hydrogen (secondary N) is 1. The number of aryl methyl sites for hydroxylation is 4. The van der Waals surface area contributed by atoms with Crippen LogP contribution in [0, 0.1) is 26.6 Å². The SMILES string of the molecule is Cc1ccc(NC(=O)COc2cc(C)c3c(C)nn(C)c3n2)cc1F. The lowest BCUT2D eigenvalue weighted by Gasteiger charge is -2.09. The second kappa shape index (κ2) is 6.51. The van der Waals surface area contributed by atoms with Crippen molar-refractivity contribution >= 4 is 22.6 Å². The lowest BCUT2D eigenvalue weighted by atomic mass is 10.2. The zero-order valence-corrected chi connectivity index (χ0v) is 14.6. The van der Waals surface area contributed by atoms with E-state index in [2.05, 4.69) is 15.4 Å². The second-order valence-corrected chi connectivity index (χ2v) is 5.99. The van der Waals surface area contributed by atoms with Gasteiger partial charge in [0.25, 0.3) is 5.91 Å². The number of carbonyl (C=O) groups excluding carboxylic acids is 1. The summed E-state index contributed by atoms with van der Waals surface area (Å²) in [6, 6.07) is 6.30. The lowest BCUT2D eigenvalue weighted by molar-refractivity contribution is -0.118. The Morgan fingerprint density at radius 2 is 2.00 bits per heavy atom. The molecule has 0 aliphatic carbocycles. The van der Waals surface area contributed by atoms with Crippen molar-refractivity contribution in [2.45, 2.75) is 20.8 Å². The minimum Gasteiger partial charge on any atom is -0.467 e. The molecule has 6 nitrogen and oxygen atoms in total. The van der Waals surface area contributed by atoms with Crippen LogP contribution in [0.5, 0.6) is 5.88 Å². The molecule has 0 spiro atoms. The minimum atomic E-state index is -0.385. The summed E-state index contributed by atoms with van der Waals surface area (Å²) in [5.74, 6) is -0.407. The Balaban J connectivity index is 1.70. The first-order valence-electron chi connectivity index (χ1n) is 7.85. The normalized spacial score (nSPS) is 10.9. The first-order valence-corrected chi connectivity index (χ1v) is 7.85. The predicted molar refractivity (Wildman–Crippen MR) is 93.2 cm³/mol. The summed E-state index contributed by atoms with van der Waals surface area (Å²) >= 11 is 0. The quantitative estimate of drug-likeness (QED) is 0.791. The van der Waals surface area contributed by atoms with Crippen molar-refractivity contribution in [2.24, 2.45) is 7.05 Å². The molecule has 2 heterocycles. The summed E-state index contributed by atoms with van der Waals surface area (Å²) in [5, 5.41) is 7.92. The van der Waals surface area contributed by atoms with Crippen LogP contribution >= 0.6 is 0 Å². The average Bonchev–Trinajstić information content (AvgIpc) is 2.84. The molecule has 130 valence electrons. The van der Waals surface area contributed by atoms with Crippen LogP contribution in [0.4, 0.5) is 10.1 Å². The summed E-state index contributed by atoms with van der Waals surface area (Å²) in [6.45, 7) is 5.31. The third-order valence-electron chi connectivity index (χ3n) is 3.95. The van der Waals surface area contributed by atoms with Crippen LogP contribution in [0.2, 0.25) is 0 Å². The molecular formula is C18H19FN4O2. The minimum absolute atomic E-state index is 0.218. The van der Waals surface area contributed by atoms with Crippen molar-refractivity contribution in [3.05, 3.63) is 46.9 Å². The van der Waals surface area contributed by atoms with Gasteiger partial charge in [0.2, 0.25) is 5.88 Å². The van der Waals surface area contributed by atoms with Gasteiger partial charge in [0.05, 0.1) is 5.69 Å². The molecular weight excluding hydrogens is 323 g/mol. The number of amides is 1. The molecule has 0 radical (unpaired) electrons. The smallest absolute Gasteiger partial charge is 0.262 e. The fraction of sp³-hybridized carbons (Fsp3) is 0.278. The zero-order chi connectivity index (χ0) is 18.1. The molecule has 3 rings (SSSR count). The number of benzene rings is 1. The molecule has 0 atom stereocenters. The van der Waals surface area contributed by atoms with E-state index in [4.69, 9.17) is 4.74 Å². The molecule has 0 fully saturated rings. The topological polar surface area (TPSA) is 69.0 Å². The van der Waals surface area contributed by atoms with Gasteiger partial charge in [-0.1, -0.05) is 6.07 Å². The van der Waals surface area contributed by atoms with Crippen LogP contribution in [0.1, 0.15) is 16.8 Å². The number of anilines is 1. The van der Waals surface area contributed by atoms with E-state index in [-0.39, 0.29) is 18.3 Å². The highest BCUT2D eigenvalue weighted by Crippen LogP contribution is 2.23. The molecule has 0 aliphatic heterocycles. The van der Waals surface area contributed by atoms with Crippen LogP contribution in [0.3, 0.4) is 0 Å².